The highest BCUT2D eigenvalue weighted by molar-refractivity contribution is 7.89. The number of nitrogens with one attached hydrogen (secondary N) is 1. The van der Waals surface area contributed by atoms with E-state index in [1.54, 1.807) is 24.5 Å². The number of aryl methyl sites for hydroxylation is 2. The van der Waals surface area contributed by atoms with E-state index in [1.807, 2.05) is 56.3 Å². The summed E-state index contributed by atoms with van der Waals surface area (Å²) in [7, 11) is -3.57. The van der Waals surface area contributed by atoms with Crippen LogP contribution in [0.1, 0.15) is 41.3 Å². The highest BCUT2D eigenvalue weighted by Gasteiger charge is 2.33. The van der Waals surface area contributed by atoms with Crippen molar-refractivity contribution >= 4 is 15.9 Å². The summed E-state index contributed by atoms with van der Waals surface area (Å²) in [5, 5.41) is 3.10. The van der Waals surface area contributed by atoms with E-state index in [0.717, 1.165) is 16.7 Å². The van der Waals surface area contributed by atoms with Gasteiger partial charge >= 0.3 is 0 Å². The summed E-state index contributed by atoms with van der Waals surface area (Å²) >= 11 is 0. The van der Waals surface area contributed by atoms with E-state index < -0.39 is 10.0 Å². The summed E-state index contributed by atoms with van der Waals surface area (Å²) in [5.41, 5.74) is 2.94. The second-order valence-corrected chi connectivity index (χ2v) is 10.2. The first-order chi connectivity index (χ1) is 15.4. The third-order valence-electron chi connectivity index (χ3n) is 6.19. The minimum absolute atomic E-state index is 0.0847. The first-order valence-electron chi connectivity index (χ1n) is 10.8. The van der Waals surface area contributed by atoms with Crippen molar-refractivity contribution in [2.24, 2.45) is 5.92 Å². The number of carbonyl (C=O) groups excluding carboxylic acids is 1. The maximum absolute atomic E-state index is 13.1. The summed E-state index contributed by atoms with van der Waals surface area (Å²) in [5.74, 6) is 0.333. The van der Waals surface area contributed by atoms with Gasteiger partial charge in [-0.1, -0.05) is 36.4 Å². The smallest absolute Gasteiger partial charge is 0.243 e. The number of benzene rings is 2. The molecule has 2 aromatic carbocycles. The molecule has 1 N–H and O–H groups in total. The van der Waals surface area contributed by atoms with Crippen LogP contribution in [0.25, 0.3) is 0 Å². The Morgan fingerprint density at radius 1 is 1.00 bits per heavy atom. The zero-order chi connectivity index (χ0) is 22.7. The van der Waals surface area contributed by atoms with E-state index in [0.29, 0.717) is 36.6 Å². The second-order valence-electron chi connectivity index (χ2n) is 8.29. The molecule has 0 spiro atoms. The van der Waals surface area contributed by atoms with Gasteiger partial charge in [-0.2, -0.15) is 4.31 Å². The molecular weight excluding hydrogens is 424 g/mol. The lowest BCUT2D eigenvalue weighted by Gasteiger charge is -2.31. The van der Waals surface area contributed by atoms with E-state index in [2.05, 4.69) is 5.32 Å². The quantitative estimate of drug-likeness (QED) is 0.608. The van der Waals surface area contributed by atoms with Crippen molar-refractivity contribution < 1.29 is 17.6 Å². The normalized spacial score (nSPS) is 16.6. The predicted octanol–water partition coefficient (Wildman–Crippen LogP) is 4.20. The fourth-order valence-corrected chi connectivity index (χ4v) is 5.62. The van der Waals surface area contributed by atoms with E-state index in [-0.39, 0.29) is 17.9 Å². The van der Waals surface area contributed by atoms with Gasteiger partial charge in [0.15, 0.2) is 0 Å². The van der Waals surface area contributed by atoms with Gasteiger partial charge in [0.1, 0.15) is 11.8 Å². The Kier molecular flexibility index (Phi) is 6.48. The van der Waals surface area contributed by atoms with E-state index in [1.165, 1.54) is 4.31 Å². The Bertz CT molecular complexity index is 1170. The lowest BCUT2D eigenvalue weighted by atomic mass is 9.95. The molecule has 0 radical (unpaired) electrons. The summed E-state index contributed by atoms with van der Waals surface area (Å²) in [6.07, 6.45) is 2.55. The Balaban J connectivity index is 1.43. The maximum atomic E-state index is 13.1. The minimum Gasteiger partial charge on any atom is -0.467 e. The van der Waals surface area contributed by atoms with Crippen LogP contribution >= 0.6 is 0 Å². The molecule has 0 saturated carbocycles. The van der Waals surface area contributed by atoms with Crippen molar-refractivity contribution in [3.05, 3.63) is 89.4 Å². The molecule has 7 heteroatoms. The van der Waals surface area contributed by atoms with Crippen LogP contribution in [-0.4, -0.2) is 31.7 Å². The number of rotatable bonds is 6. The van der Waals surface area contributed by atoms with Crippen LogP contribution < -0.4 is 5.32 Å². The number of nitrogens with zero attached hydrogens (tertiary/aromatic N) is 1. The van der Waals surface area contributed by atoms with E-state index in [4.69, 9.17) is 4.42 Å². The SMILES string of the molecule is Cc1ccc(S(=O)(=O)N2CCC(C(=O)NC(c3ccccc3)c3ccco3)CC2)cc1C. The molecule has 1 unspecified atom stereocenters. The van der Waals surface area contributed by atoms with Crippen LogP contribution in [0, 0.1) is 19.8 Å². The molecule has 1 aliphatic heterocycles. The number of piperidine rings is 1. The number of hydrogen-bond acceptors (Lipinski definition) is 4. The van der Waals surface area contributed by atoms with Crippen molar-refractivity contribution in [2.45, 2.75) is 37.6 Å². The lowest BCUT2D eigenvalue weighted by Crippen LogP contribution is -2.43. The summed E-state index contributed by atoms with van der Waals surface area (Å²) in [6, 6.07) is 18.2. The minimum atomic E-state index is -3.57. The van der Waals surface area contributed by atoms with Gasteiger partial charge in [-0.05, 0) is 67.6 Å². The number of hydrogen-bond donors (Lipinski definition) is 1. The molecular formula is C25H28N2O4S. The Morgan fingerprint density at radius 2 is 1.72 bits per heavy atom. The van der Waals surface area contributed by atoms with E-state index >= 15 is 0 Å². The van der Waals surface area contributed by atoms with Gasteiger partial charge in [0, 0.05) is 19.0 Å². The van der Waals surface area contributed by atoms with Gasteiger partial charge in [-0.3, -0.25) is 4.79 Å². The first kappa shape index (κ1) is 22.3. The third-order valence-corrected chi connectivity index (χ3v) is 8.08. The Hall–Kier alpha value is -2.90. The number of furan rings is 1. The van der Waals surface area contributed by atoms with Crippen LogP contribution in [-0.2, 0) is 14.8 Å². The number of carbonyl (C=O) groups is 1. The molecule has 1 atom stereocenters. The topological polar surface area (TPSA) is 79.6 Å². The molecule has 1 saturated heterocycles. The zero-order valence-electron chi connectivity index (χ0n) is 18.3. The predicted molar refractivity (Wildman–Crippen MR) is 123 cm³/mol. The number of sulfonamides is 1. The van der Waals surface area contributed by atoms with Crippen molar-refractivity contribution in [1.29, 1.82) is 0 Å². The molecule has 1 fully saturated rings. The van der Waals surface area contributed by atoms with Crippen LogP contribution in [0.15, 0.2) is 76.2 Å². The molecule has 6 nitrogen and oxygen atoms in total. The van der Waals surface area contributed by atoms with Gasteiger partial charge in [0.2, 0.25) is 15.9 Å². The van der Waals surface area contributed by atoms with Crippen LogP contribution in [0.2, 0.25) is 0 Å². The molecule has 1 aliphatic rings. The first-order valence-corrected chi connectivity index (χ1v) is 12.3. The Morgan fingerprint density at radius 3 is 2.34 bits per heavy atom. The molecule has 168 valence electrons. The molecule has 1 aromatic heterocycles. The van der Waals surface area contributed by atoms with Gasteiger partial charge < -0.3 is 9.73 Å². The average molecular weight is 453 g/mol. The van der Waals surface area contributed by atoms with Gasteiger partial charge in [0.25, 0.3) is 0 Å². The monoisotopic (exact) mass is 452 g/mol. The molecule has 0 aliphatic carbocycles. The second kappa shape index (κ2) is 9.30. The lowest BCUT2D eigenvalue weighted by molar-refractivity contribution is -0.126. The average Bonchev–Trinajstić information content (AvgIpc) is 3.34. The van der Waals surface area contributed by atoms with Crippen molar-refractivity contribution in [1.82, 2.24) is 9.62 Å². The van der Waals surface area contributed by atoms with E-state index in [9.17, 15) is 13.2 Å². The fraction of sp³-hybridized carbons (Fsp3) is 0.320. The van der Waals surface area contributed by atoms with Gasteiger partial charge in [-0.25, -0.2) is 8.42 Å². The maximum Gasteiger partial charge on any atom is 0.243 e. The molecule has 0 bridgehead atoms. The van der Waals surface area contributed by atoms with Crippen LogP contribution in [0.4, 0.5) is 0 Å². The molecule has 2 heterocycles. The molecule has 1 amide bonds. The standard InChI is InChI=1S/C25H28N2O4S/c1-18-10-11-22(17-19(18)2)32(29,30)27-14-12-21(13-15-27)25(28)26-24(23-9-6-16-31-23)20-7-4-3-5-8-20/h3-11,16-17,21,24H,12-15H2,1-2H3,(H,26,28). The highest BCUT2D eigenvalue weighted by Crippen LogP contribution is 2.27. The van der Waals surface area contributed by atoms with Crippen LogP contribution in [0.5, 0.6) is 0 Å². The van der Waals surface area contributed by atoms with Gasteiger partial charge in [-0.15, -0.1) is 0 Å². The molecule has 32 heavy (non-hydrogen) atoms. The summed E-state index contributed by atoms with van der Waals surface area (Å²) < 4.78 is 33.2. The van der Waals surface area contributed by atoms with Crippen molar-refractivity contribution in [3.8, 4) is 0 Å². The van der Waals surface area contributed by atoms with Crippen LogP contribution in [0.3, 0.4) is 0 Å². The summed E-state index contributed by atoms with van der Waals surface area (Å²) in [6.45, 7) is 4.52. The van der Waals surface area contributed by atoms with Crippen molar-refractivity contribution in [2.75, 3.05) is 13.1 Å². The fourth-order valence-electron chi connectivity index (χ4n) is 4.06. The largest absolute Gasteiger partial charge is 0.467 e. The molecule has 4 rings (SSSR count). The van der Waals surface area contributed by atoms with Gasteiger partial charge in [0.05, 0.1) is 11.2 Å². The van der Waals surface area contributed by atoms with Crippen molar-refractivity contribution in [3.63, 3.8) is 0 Å². The summed E-state index contributed by atoms with van der Waals surface area (Å²) in [4.78, 5) is 13.4. The molecule has 3 aromatic rings. The highest BCUT2D eigenvalue weighted by atomic mass is 32.2. The third kappa shape index (κ3) is 4.64. The Labute approximate surface area is 189 Å². The number of amides is 1. The zero-order valence-corrected chi connectivity index (χ0v) is 19.1.